The molecule has 0 amide bonds. The second-order valence-electron chi connectivity index (χ2n) is 6.38. The van der Waals surface area contributed by atoms with Gasteiger partial charge < -0.3 is 5.32 Å². The van der Waals surface area contributed by atoms with Crippen LogP contribution in [0.2, 0.25) is 0 Å². The van der Waals surface area contributed by atoms with Crippen molar-refractivity contribution in [2.45, 2.75) is 60.7 Å². The third-order valence-corrected chi connectivity index (χ3v) is 9.18. The van der Waals surface area contributed by atoms with E-state index in [9.17, 15) is 16.8 Å². The molecule has 6 nitrogen and oxygen atoms in total. The van der Waals surface area contributed by atoms with Crippen LogP contribution in [0.1, 0.15) is 45.1 Å². The molecule has 0 saturated heterocycles. The first kappa shape index (κ1) is 21.8. The lowest BCUT2D eigenvalue weighted by Gasteiger charge is -2.07. The molecule has 0 spiro atoms. The number of aromatic nitrogens is 1. The van der Waals surface area contributed by atoms with Gasteiger partial charge in [0.1, 0.15) is 5.00 Å². The van der Waals surface area contributed by atoms with E-state index in [4.69, 9.17) is 0 Å². The molecule has 1 heterocycles. The summed E-state index contributed by atoms with van der Waals surface area (Å²) in [5.74, 6) is -0.0557. The van der Waals surface area contributed by atoms with Crippen molar-refractivity contribution in [1.82, 2.24) is 4.98 Å². The summed E-state index contributed by atoms with van der Waals surface area (Å²) in [6.07, 6.45) is 3.36. The van der Waals surface area contributed by atoms with Crippen LogP contribution in [-0.4, -0.2) is 34.1 Å². The number of benzene rings is 1. The Morgan fingerprint density at radius 3 is 2.26 bits per heavy atom. The Kier molecular flexibility index (Phi) is 7.41. The number of nitrogens with zero attached hydrogens (tertiary/aromatic N) is 1. The molecule has 1 aromatic carbocycles. The van der Waals surface area contributed by atoms with Gasteiger partial charge in [-0.15, -0.1) is 0 Å². The minimum absolute atomic E-state index is 0.0557. The molecule has 0 bridgehead atoms. The van der Waals surface area contributed by atoms with E-state index in [2.05, 4.69) is 17.2 Å². The lowest BCUT2D eigenvalue weighted by atomic mass is 10.2. The molecule has 150 valence electrons. The van der Waals surface area contributed by atoms with Crippen LogP contribution < -0.4 is 5.32 Å². The second-order valence-corrected chi connectivity index (χ2v) is 11.5. The Morgan fingerprint density at radius 2 is 1.67 bits per heavy atom. The van der Waals surface area contributed by atoms with E-state index < -0.39 is 19.7 Å². The van der Waals surface area contributed by atoms with Crippen LogP contribution in [0.15, 0.2) is 38.5 Å². The normalized spacial score (nSPS) is 12.3. The summed E-state index contributed by atoms with van der Waals surface area (Å²) in [6, 6.07) is 6.46. The molecular formula is C18H26N2O4S3. The van der Waals surface area contributed by atoms with E-state index in [0.717, 1.165) is 36.2 Å². The van der Waals surface area contributed by atoms with Crippen molar-refractivity contribution in [1.29, 1.82) is 0 Å². The first-order chi connectivity index (χ1) is 12.7. The van der Waals surface area contributed by atoms with Gasteiger partial charge in [-0.1, -0.05) is 55.7 Å². The lowest BCUT2D eigenvalue weighted by Crippen LogP contribution is -2.09. The Bertz CT molecular complexity index is 963. The topological polar surface area (TPSA) is 93.2 Å². The monoisotopic (exact) mass is 430 g/mol. The average molecular weight is 431 g/mol. The van der Waals surface area contributed by atoms with Crippen LogP contribution in [0.4, 0.5) is 5.00 Å². The molecule has 0 radical (unpaired) electrons. The zero-order valence-electron chi connectivity index (χ0n) is 15.9. The van der Waals surface area contributed by atoms with Crippen molar-refractivity contribution in [2.75, 3.05) is 17.6 Å². The first-order valence-corrected chi connectivity index (χ1v) is 13.0. The maximum Gasteiger partial charge on any atom is 0.226 e. The van der Waals surface area contributed by atoms with E-state index in [0.29, 0.717) is 18.0 Å². The fourth-order valence-electron chi connectivity index (χ4n) is 2.48. The molecule has 9 heteroatoms. The predicted octanol–water partition coefficient (Wildman–Crippen LogP) is 4.07. The molecule has 2 rings (SSSR count). The molecule has 0 atom stereocenters. The van der Waals surface area contributed by atoms with E-state index in [-0.39, 0.29) is 20.0 Å². The summed E-state index contributed by atoms with van der Waals surface area (Å²) in [7, 11) is -7.50. The van der Waals surface area contributed by atoms with Crippen molar-refractivity contribution in [2.24, 2.45) is 0 Å². The first-order valence-electron chi connectivity index (χ1n) is 9.01. The summed E-state index contributed by atoms with van der Waals surface area (Å²) in [5, 5.41) is 3.17. The number of hydrogen-bond donors (Lipinski definition) is 1. The molecule has 27 heavy (non-hydrogen) atoms. The highest BCUT2D eigenvalue weighted by molar-refractivity contribution is 7.94. The van der Waals surface area contributed by atoms with Crippen LogP contribution in [0.25, 0.3) is 0 Å². The quantitative estimate of drug-likeness (QED) is 0.571. The number of sulfone groups is 2. The van der Waals surface area contributed by atoms with E-state index in [1.54, 1.807) is 19.1 Å². The standard InChI is InChI=1S/C18H26N2O4S3/c1-4-6-7-12-19-16-17(20-18(25-16)26(21,22)13-5-2)27(23,24)15-10-8-14(3)9-11-15/h8-11,19H,4-7,12-13H2,1-3H3. The summed E-state index contributed by atoms with van der Waals surface area (Å²) in [6.45, 7) is 6.28. The molecule has 1 aromatic heterocycles. The van der Waals surface area contributed by atoms with Gasteiger partial charge in [0, 0.05) is 6.54 Å². The Labute approximate surface area is 165 Å². The maximum atomic E-state index is 13.1. The molecular weight excluding hydrogens is 404 g/mol. The fourth-order valence-corrected chi connectivity index (χ4v) is 6.86. The number of nitrogens with one attached hydrogen (secondary N) is 1. The molecule has 1 N–H and O–H groups in total. The highest BCUT2D eigenvalue weighted by Crippen LogP contribution is 2.35. The average Bonchev–Trinajstić information content (AvgIpc) is 3.05. The van der Waals surface area contributed by atoms with Crippen LogP contribution >= 0.6 is 11.3 Å². The predicted molar refractivity (Wildman–Crippen MR) is 109 cm³/mol. The number of thiazole rings is 1. The molecule has 0 unspecified atom stereocenters. The Balaban J connectivity index is 2.48. The number of aryl methyl sites for hydroxylation is 1. The van der Waals surface area contributed by atoms with Gasteiger partial charge in [0.05, 0.1) is 10.6 Å². The minimum Gasteiger partial charge on any atom is -0.374 e. The van der Waals surface area contributed by atoms with Crippen molar-refractivity contribution < 1.29 is 16.8 Å². The highest BCUT2D eigenvalue weighted by atomic mass is 32.2. The molecule has 0 fully saturated rings. The Hall–Kier alpha value is -1.45. The number of unbranched alkanes of at least 4 members (excludes halogenated alkanes) is 2. The third-order valence-electron chi connectivity index (χ3n) is 3.97. The van der Waals surface area contributed by atoms with Gasteiger partial charge in [0.2, 0.25) is 24.0 Å². The zero-order chi connectivity index (χ0) is 20.1. The van der Waals surface area contributed by atoms with Crippen molar-refractivity contribution >= 4 is 36.0 Å². The molecule has 0 aliphatic heterocycles. The molecule has 0 aliphatic rings. The molecule has 2 aromatic rings. The van der Waals surface area contributed by atoms with Crippen molar-refractivity contribution in [3.63, 3.8) is 0 Å². The smallest absolute Gasteiger partial charge is 0.226 e. The zero-order valence-corrected chi connectivity index (χ0v) is 18.3. The van der Waals surface area contributed by atoms with Crippen LogP contribution in [0.3, 0.4) is 0 Å². The maximum absolute atomic E-state index is 13.1. The van der Waals surface area contributed by atoms with Gasteiger partial charge in [-0.05, 0) is 31.9 Å². The van der Waals surface area contributed by atoms with Crippen molar-refractivity contribution in [3.8, 4) is 0 Å². The highest BCUT2D eigenvalue weighted by Gasteiger charge is 2.30. The number of hydrogen-bond acceptors (Lipinski definition) is 7. The van der Waals surface area contributed by atoms with Crippen LogP contribution in [0.5, 0.6) is 0 Å². The summed E-state index contributed by atoms with van der Waals surface area (Å²) in [5.41, 5.74) is 0.941. The lowest BCUT2D eigenvalue weighted by molar-refractivity contribution is 0.589. The van der Waals surface area contributed by atoms with Gasteiger partial charge in [-0.25, -0.2) is 21.8 Å². The number of rotatable bonds is 10. The van der Waals surface area contributed by atoms with Gasteiger partial charge >= 0.3 is 0 Å². The van der Waals surface area contributed by atoms with Gasteiger partial charge in [0.15, 0.2) is 5.03 Å². The number of anilines is 1. The summed E-state index contributed by atoms with van der Waals surface area (Å²) >= 11 is 0.900. The second kappa shape index (κ2) is 9.16. The van der Waals surface area contributed by atoms with E-state index in [1.807, 2.05) is 6.92 Å². The van der Waals surface area contributed by atoms with Gasteiger partial charge in [-0.2, -0.15) is 0 Å². The van der Waals surface area contributed by atoms with Gasteiger partial charge in [0.25, 0.3) is 0 Å². The minimum atomic E-state index is -3.91. The summed E-state index contributed by atoms with van der Waals surface area (Å²) < 4.78 is 50.8. The van der Waals surface area contributed by atoms with Gasteiger partial charge in [-0.3, -0.25) is 0 Å². The Morgan fingerprint density at radius 1 is 1.00 bits per heavy atom. The molecule has 0 saturated carbocycles. The van der Waals surface area contributed by atoms with Crippen LogP contribution in [-0.2, 0) is 19.7 Å². The van der Waals surface area contributed by atoms with E-state index in [1.165, 1.54) is 12.1 Å². The van der Waals surface area contributed by atoms with Crippen molar-refractivity contribution in [3.05, 3.63) is 29.8 Å². The van der Waals surface area contributed by atoms with E-state index >= 15 is 0 Å². The van der Waals surface area contributed by atoms with Crippen LogP contribution in [0, 0.1) is 6.92 Å². The largest absolute Gasteiger partial charge is 0.374 e. The summed E-state index contributed by atoms with van der Waals surface area (Å²) in [4.78, 5) is 4.16. The molecule has 0 aliphatic carbocycles. The third kappa shape index (κ3) is 5.30. The fraction of sp³-hybridized carbons (Fsp3) is 0.500. The SMILES string of the molecule is CCCCCNc1sc(S(=O)(=O)CCC)nc1S(=O)(=O)c1ccc(C)cc1.